The van der Waals surface area contributed by atoms with E-state index in [1.54, 1.807) is 24.3 Å². The molecule has 2 amide bonds. The minimum atomic E-state index is -3.73. The van der Waals surface area contributed by atoms with Crippen LogP contribution in [0.3, 0.4) is 0 Å². The molecule has 3 N–H and O–H groups in total. The lowest BCUT2D eigenvalue weighted by Crippen LogP contribution is -2.28. The Hall–Kier alpha value is -3.49. The van der Waals surface area contributed by atoms with Crippen LogP contribution >= 0.6 is 0 Å². The second-order valence-corrected chi connectivity index (χ2v) is 9.84. The van der Waals surface area contributed by atoms with E-state index >= 15 is 0 Å². The molecule has 1 atom stereocenters. The van der Waals surface area contributed by atoms with Gasteiger partial charge in [0.1, 0.15) is 0 Å². The molecular weight excluding hydrogens is 450 g/mol. The number of carbonyl (C=O) groups is 2. The predicted molar refractivity (Wildman–Crippen MR) is 133 cm³/mol. The summed E-state index contributed by atoms with van der Waals surface area (Å²) in [5, 5.41) is 5.65. The molecule has 34 heavy (non-hydrogen) atoms. The third-order valence-corrected chi connectivity index (χ3v) is 6.78. The van der Waals surface area contributed by atoms with Crippen molar-refractivity contribution in [3.8, 4) is 0 Å². The van der Waals surface area contributed by atoms with E-state index in [0.29, 0.717) is 11.3 Å². The van der Waals surface area contributed by atoms with Gasteiger partial charge in [0.2, 0.25) is 15.9 Å². The molecule has 3 rings (SSSR count). The number of aryl methyl sites for hydroxylation is 1. The number of benzene rings is 3. The van der Waals surface area contributed by atoms with Gasteiger partial charge in [-0.15, -0.1) is 0 Å². The Bertz CT molecular complexity index is 1240. The van der Waals surface area contributed by atoms with Crippen molar-refractivity contribution in [1.29, 1.82) is 0 Å². The van der Waals surface area contributed by atoms with Crippen LogP contribution in [-0.2, 0) is 21.4 Å². The molecule has 3 aromatic rings. The van der Waals surface area contributed by atoms with Crippen LogP contribution in [-0.4, -0.2) is 20.2 Å². The smallest absolute Gasteiger partial charge is 0.251 e. The second kappa shape index (κ2) is 11.1. The van der Waals surface area contributed by atoms with Crippen molar-refractivity contribution in [3.63, 3.8) is 0 Å². The lowest BCUT2D eigenvalue weighted by Gasteiger charge is -2.18. The third kappa shape index (κ3) is 6.76. The normalized spacial score (nSPS) is 12.1. The van der Waals surface area contributed by atoms with Gasteiger partial charge in [0, 0.05) is 24.7 Å². The predicted octanol–water partition coefficient (Wildman–Crippen LogP) is 4.31. The van der Waals surface area contributed by atoms with E-state index in [4.69, 9.17) is 0 Å². The van der Waals surface area contributed by atoms with E-state index in [1.807, 2.05) is 38.1 Å². The van der Waals surface area contributed by atoms with E-state index in [1.165, 1.54) is 31.2 Å². The largest absolute Gasteiger partial charge is 0.345 e. The molecule has 0 aliphatic carbocycles. The van der Waals surface area contributed by atoms with E-state index < -0.39 is 10.0 Å². The number of hydrogen-bond acceptors (Lipinski definition) is 4. The third-order valence-electron chi connectivity index (χ3n) is 5.36. The van der Waals surface area contributed by atoms with Crippen molar-refractivity contribution >= 4 is 27.5 Å². The zero-order chi connectivity index (χ0) is 24.7. The minimum absolute atomic E-state index is 0.0820. The molecule has 0 bridgehead atoms. The standard InChI is InChI=1S/C26H29N3O4S/c1-4-25(21-9-5-18(2)6-10-21)29-26(31)22-11-7-20(8-12-22)17-27-34(32,33)24-15-13-23(14-16-24)28-19(3)30/h5-16,25,27H,4,17H2,1-3H3,(H,28,30)(H,29,31). The van der Waals surface area contributed by atoms with E-state index in [-0.39, 0.29) is 29.3 Å². The molecule has 178 valence electrons. The Morgan fingerprint density at radius 3 is 2.06 bits per heavy atom. The second-order valence-electron chi connectivity index (χ2n) is 8.07. The van der Waals surface area contributed by atoms with Crippen LogP contribution in [0.15, 0.2) is 77.7 Å². The first-order valence-corrected chi connectivity index (χ1v) is 12.5. The number of carbonyl (C=O) groups excluding carboxylic acids is 2. The average molecular weight is 480 g/mol. The lowest BCUT2D eigenvalue weighted by atomic mass is 10.0. The van der Waals surface area contributed by atoms with Gasteiger partial charge in [0.15, 0.2) is 0 Å². The van der Waals surface area contributed by atoms with Crippen molar-refractivity contribution in [2.24, 2.45) is 0 Å². The first-order valence-electron chi connectivity index (χ1n) is 11.0. The highest BCUT2D eigenvalue weighted by Crippen LogP contribution is 2.18. The maximum atomic E-state index is 12.7. The highest BCUT2D eigenvalue weighted by atomic mass is 32.2. The maximum Gasteiger partial charge on any atom is 0.251 e. The van der Waals surface area contributed by atoms with Gasteiger partial charge in [-0.3, -0.25) is 9.59 Å². The molecule has 0 saturated carbocycles. The Kier molecular flexibility index (Phi) is 8.20. The molecule has 0 heterocycles. The fraction of sp³-hybridized carbons (Fsp3) is 0.231. The molecule has 0 spiro atoms. The number of hydrogen-bond donors (Lipinski definition) is 3. The van der Waals surface area contributed by atoms with Crippen LogP contribution in [0.4, 0.5) is 5.69 Å². The summed E-state index contributed by atoms with van der Waals surface area (Å²) in [5.74, 6) is -0.412. The summed E-state index contributed by atoms with van der Waals surface area (Å²) in [4.78, 5) is 23.9. The van der Waals surface area contributed by atoms with Crippen molar-refractivity contribution in [2.45, 2.75) is 44.7 Å². The molecular formula is C26H29N3O4S. The Morgan fingerprint density at radius 1 is 0.882 bits per heavy atom. The highest BCUT2D eigenvalue weighted by Gasteiger charge is 2.16. The number of sulfonamides is 1. The molecule has 3 aromatic carbocycles. The van der Waals surface area contributed by atoms with Gasteiger partial charge >= 0.3 is 0 Å². The number of amides is 2. The molecule has 0 radical (unpaired) electrons. The molecule has 0 aromatic heterocycles. The van der Waals surface area contributed by atoms with Crippen LogP contribution in [0.2, 0.25) is 0 Å². The first kappa shape index (κ1) is 25.1. The van der Waals surface area contributed by atoms with Crippen LogP contribution in [0, 0.1) is 6.92 Å². The topological polar surface area (TPSA) is 104 Å². The maximum absolute atomic E-state index is 12.7. The zero-order valence-corrected chi connectivity index (χ0v) is 20.3. The zero-order valence-electron chi connectivity index (χ0n) is 19.5. The van der Waals surface area contributed by atoms with Crippen LogP contribution in [0.25, 0.3) is 0 Å². The SMILES string of the molecule is CCC(NC(=O)c1ccc(CNS(=O)(=O)c2ccc(NC(C)=O)cc2)cc1)c1ccc(C)cc1. The van der Waals surface area contributed by atoms with Gasteiger partial charge in [-0.2, -0.15) is 0 Å². The Morgan fingerprint density at radius 2 is 1.50 bits per heavy atom. The summed E-state index contributed by atoms with van der Waals surface area (Å²) in [6.07, 6.45) is 0.764. The highest BCUT2D eigenvalue weighted by molar-refractivity contribution is 7.89. The average Bonchev–Trinajstić information content (AvgIpc) is 2.82. The molecule has 0 fully saturated rings. The van der Waals surface area contributed by atoms with Gasteiger partial charge in [-0.05, 0) is 60.9 Å². The number of anilines is 1. The number of rotatable bonds is 9. The summed E-state index contributed by atoms with van der Waals surface area (Å²) < 4.78 is 27.7. The molecule has 7 nitrogen and oxygen atoms in total. The summed E-state index contributed by atoms with van der Waals surface area (Å²) in [6, 6.07) is 20.7. The molecule has 0 aliphatic rings. The monoisotopic (exact) mass is 479 g/mol. The van der Waals surface area contributed by atoms with Crippen LogP contribution < -0.4 is 15.4 Å². The summed E-state index contributed by atoms with van der Waals surface area (Å²) in [5.41, 5.74) is 3.97. The number of nitrogens with one attached hydrogen (secondary N) is 3. The van der Waals surface area contributed by atoms with Crippen molar-refractivity contribution < 1.29 is 18.0 Å². The molecule has 8 heteroatoms. The lowest BCUT2D eigenvalue weighted by molar-refractivity contribution is -0.114. The summed E-state index contributed by atoms with van der Waals surface area (Å²) in [7, 11) is -3.73. The van der Waals surface area contributed by atoms with E-state index in [2.05, 4.69) is 15.4 Å². The van der Waals surface area contributed by atoms with Gasteiger partial charge in [-0.25, -0.2) is 13.1 Å². The van der Waals surface area contributed by atoms with Crippen LogP contribution in [0.1, 0.15) is 53.4 Å². The van der Waals surface area contributed by atoms with E-state index in [9.17, 15) is 18.0 Å². The van der Waals surface area contributed by atoms with Gasteiger partial charge < -0.3 is 10.6 Å². The Labute approximate surface area is 200 Å². The molecule has 1 unspecified atom stereocenters. The first-order chi connectivity index (χ1) is 16.2. The summed E-state index contributed by atoms with van der Waals surface area (Å²) >= 11 is 0. The van der Waals surface area contributed by atoms with Crippen molar-refractivity contribution in [1.82, 2.24) is 10.0 Å². The van der Waals surface area contributed by atoms with Crippen LogP contribution in [0.5, 0.6) is 0 Å². The fourth-order valence-electron chi connectivity index (χ4n) is 3.42. The van der Waals surface area contributed by atoms with Gasteiger partial charge in [0.05, 0.1) is 10.9 Å². The molecule has 0 aliphatic heterocycles. The Balaban J connectivity index is 1.60. The van der Waals surface area contributed by atoms with Gasteiger partial charge in [-0.1, -0.05) is 48.9 Å². The summed E-state index contributed by atoms with van der Waals surface area (Å²) in [6.45, 7) is 5.51. The van der Waals surface area contributed by atoms with Crippen molar-refractivity contribution in [2.75, 3.05) is 5.32 Å². The van der Waals surface area contributed by atoms with E-state index in [0.717, 1.165) is 23.1 Å². The fourth-order valence-corrected chi connectivity index (χ4v) is 4.44. The van der Waals surface area contributed by atoms with Crippen molar-refractivity contribution in [3.05, 3.63) is 95.1 Å². The molecule has 0 saturated heterocycles. The van der Waals surface area contributed by atoms with Gasteiger partial charge in [0.25, 0.3) is 5.91 Å². The minimum Gasteiger partial charge on any atom is -0.345 e. The quantitative estimate of drug-likeness (QED) is 0.425.